The Kier molecular flexibility index (Phi) is 13.7. The summed E-state index contributed by atoms with van der Waals surface area (Å²) in [6, 6.07) is 5.51. The molecule has 0 amide bonds. The van der Waals surface area contributed by atoms with Gasteiger partial charge in [0.2, 0.25) is 0 Å². The molecule has 6 rings (SSSR count). The smallest absolute Gasteiger partial charge is 0.308 e. The number of ether oxygens (including phenoxy) is 11. The fourth-order valence-electron chi connectivity index (χ4n) is 8.15. The Hall–Kier alpha value is -3.16. The molecule has 0 bridgehead atoms. The van der Waals surface area contributed by atoms with Gasteiger partial charge in [-0.1, -0.05) is 13.8 Å². The number of aliphatic hydroxyl groups excluding tert-OH is 2. The number of carbonyl (C=O) groups is 2. The highest BCUT2D eigenvalue weighted by molar-refractivity contribution is 6.10. The van der Waals surface area contributed by atoms with E-state index in [1.807, 2.05) is 12.1 Å². The third-order valence-corrected chi connectivity index (χ3v) is 11.2. The van der Waals surface area contributed by atoms with Crippen molar-refractivity contribution < 1.29 is 77.0 Å². The van der Waals surface area contributed by atoms with Crippen LogP contribution in [0.5, 0.6) is 17.2 Å². The molecule has 3 saturated heterocycles. The summed E-state index contributed by atoms with van der Waals surface area (Å²) >= 11 is 0. The maximum atomic E-state index is 14.2. The number of aryl methyl sites for hydroxylation is 1. The Morgan fingerprint density at radius 1 is 0.877 bits per heavy atom. The van der Waals surface area contributed by atoms with E-state index in [9.17, 15) is 24.9 Å². The van der Waals surface area contributed by atoms with E-state index in [-0.39, 0.29) is 37.8 Å². The van der Waals surface area contributed by atoms with Crippen LogP contribution in [0.3, 0.4) is 0 Å². The van der Waals surface area contributed by atoms with Gasteiger partial charge < -0.3 is 67.4 Å². The van der Waals surface area contributed by atoms with E-state index in [4.69, 9.17) is 52.1 Å². The number of methoxy groups -OCH3 is 3. The van der Waals surface area contributed by atoms with Crippen LogP contribution >= 0.6 is 0 Å². The lowest BCUT2D eigenvalue weighted by atomic mass is 9.85. The molecule has 0 aromatic heterocycles. The maximum absolute atomic E-state index is 14.2. The number of esters is 1. The van der Waals surface area contributed by atoms with Gasteiger partial charge in [0.05, 0.1) is 61.6 Å². The number of hydrogen-bond acceptors (Lipinski definition) is 16. The van der Waals surface area contributed by atoms with E-state index in [1.54, 1.807) is 54.7 Å². The van der Waals surface area contributed by atoms with Crippen LogP contribution in [0, 0.1) is 5.92 Å². The van der Waals surface area contributed by atoms with Crippen molar-refractivity contribution in [2.24, 2.45) is 5.92 Å². The lowest BCUT2D eigenvalue weighted by Gasteiger charge is -2.46. The van der Waals surface area contributed by atoms with Gasteiger partial charge in [-0.3, -0.25) is 9.59 Å². The minimum atomic E-state index is -1.46. The zero-order valence-electron chi connectivity index (χ0n) is 34.1. The van der Waals surface area contributed by atoms with Gasteiger partial charge in [-0.25, -0.2) is 0 Å². The number of aliphatic hydroxyl groups is 3. The average Bonchev–Trinajstić information content (AvgIpc) is 3.15. The third-order valence-electron chi connectivity index (χ3n) is 11.2. The first-order valence-corrected chi connectivity index (χ1v) is 19.6. The Morgan fingerprint density at radius 2 is 1.49 bits per heavy atom. The second-order valence-corrected chi connectivity index (χ2v) is 15.9. The molecule has 57 heavy (non-hydrogen) atoms. The van der Waals surface area contributed by atoms with Crippen molar-refractivity contribution in [3.8, 4) is 17.2 Å². The number of hydrogen-bond donors (Lipinski definition) is 3. The monoisotopic (exact) mass is 806 g/mol. The number of fused-ring (bicyclic) bond motifs is 2. The second kappa shape index (κ2) is 18.0. The van der Waals surface area contributed by atoms with E-state index in [2.05, 4.69) is 0 Å². The molecule has 318 valence electrons. The predicted molar refractivity (Wildman–Crippen MR) is 201 cm³/mol. The zero-order valence-corrected chi connectivity index (χ0v) is 34.1. The summed E-state index contributed by atoms with van der Waals surface area (Å²) < 4.78 is 64.9. The van der Waals surface area contributed by atoms with Crippen LogP contribution in [0.1, 0.15) is 83.1 Å². The molecule has 0 saturated carbocycles. The Labute approximate surface area is 332 Å². The van der Waals surface area contributed by atoms with Crippen LogP contribution in [0.4, 0.5) is 0 Å². The minimum Gasteiger partial charge on any atom is -0.497 e. The molecule has 3 N–H and O–H groups in total. The Bertz CT molecular complexity index is 1730. The molecule has 2 aromatic rings. The zero-order chi connectivity index (χ0) is 41.3. The lowest BCUT2D eigenvalue weighted by molar-refractivity contribution is -0.334. The van der Waals surface area contributed by atoms with Gasteiger partial charge in [-0.05, 0) is 63.6 Å². The fourth-order valence-corrected chi connectivity index (χ4v) is 8.15. The molecular formula is C41H58O16. The molecule has 1 aliphatic carbocycles. The molecule has 16 nitrogen and oxygen atoms in total. The van der Waals surface area contributed by atoms with Crippen molar-refractivity contribution in [1.82, 2.24) is 0 Å². The SMILES string of the molecule is COCOc1cc(OC)cc2cc3c(c(OC)c12)C(=O)[C@H](O[C@H]1C[C@@H](O[C@H]2C[C@@H](O[C@H]4C[C@](C)(O)[C@@H](OC(=O)C(C)C)[C@H](C)O4)[C@H](O)[C@@H](C)O2)[C@H](O)[C@@H](C)O1)CC3. The summed E-state index contributed by atoms with van der Waals surface area (Å²) in [5.74, 6) is 0.274. The van der Waals surface area contributed by atoms with E-state index < -0.39 is 85.4 Å². The van der Waals surface area contributed by atoms with Crippen molar-refractivity contribution in [3.63, 3.8) is 0 Å². The molecular weight excluding hydrogens is 748 g/mol. The number of benzene rings is 2. The first kappa shape index (κ1) is 43.4. The molecule has 3 aliphatic heterocycles. The number of ketones is 1. The number of rotatable bonds is 13. The standard InChI is InChI=1S/C41H58O16/c1-19(2)40(45)57-39-22(5)53-32(17-41(39,6)46)56-29-16-31(52-21(4)36(29)43)55-28-15-30(51-20(3)35(28)42)54-26-11-10-23-12-24-13-25(48-8)14-27(50-18-47-7)33(24)38(49-9)34(23)37(26)44/h12-14,19-22,26,28-32,35-36,39,42-43,46H,10-11,15-18H2,1-9H3/t20-,21-,22+,26-,28-,29-,30+,31+,32+,35-,36-,39+,41+/m1/s1. The highest BCUT2D eigenvalue weighted by Crippen LogP contribution is 2.44. The van der Waals surface area contributed by atoms with Gasteiger partial charge in [0.15, 0.2) is 37.6 Å². The molecule has 3 fully saturated rings. The van der Waals surface area contributed by atoms with Gasteiger partial charge in [-0.2, -0.15) is 0 Å². The maximum Gasteiger partial charge on any atom is 0.308 e. The van der Waals surface area contributed by atoms with E-state index in [1.165, 1.54) is 14.2 Å². The average molecular weight is 807 g/mol. The van der Waals surface area contributed by atoms with Crippen LogP contribution in [-0.4, -0.2) is 135 Å². The highest BCUT2D eigenvalue weighted by atomic mass is 16.7. The number of Topliss-reactive ketones (excluding diaryl/α,β-unsaturated/α-hetero) is 1. The quantitative estimate of drug-likeness (QED) is 0.196. The summed E-state index contributed by atoms with van der Waals surface area (Å²) in [5, 5.41) is 34.9. The summed E-state index contributed by atoms with van der Waals surface area (Å²) in [7, 11) is 4.58. The van der Waals surface area contributed by atoms with Gasteiger partial charge in [0.25, 0.3) is 0 Å². The summed E-state index contributed by atoms with van der Waals surface area (Å²) in [4.78, 5) is 26.5. The van der Waals surface area contributed by atoms with E-state index in [0.717, 1.165) is 10.9 Å². The van der Waals surface area contributed by atoms with E-state index >= 15 is 0 Å². The van der Waals surface area contributed by atoms with Crippen LogP contribution in [0.25, 0.3) is 10.8 Å². The molecule has 0 spiro atoms. The van der Waals surface area contributed by atoms with Crippen LogP contribution in [-0.2, 0) is 49.1 Å². The van der Waals surface area contributed by atoms with Crippen molar-refractivity contribution in [1.29, 1.82) is 0 Å². The molecule has 16 heteroatoms. The molecule has 0 radical (unpaired) electrons. The second-order valence-electron chi connectivity index (χ2n) is 15.9. The molecule has 3 heterocycles. The summed E-state index contributed by atoms with van der Waals surface area (Å²) in [6.45, 7) is 10.0. The van der Waals surface area contributed by atoms with Crippen molar-refractivity contribution in [3.05, 3.63) is 29.3 Å². The normalized spacial score (nSPS) is 35.8. The Balaban J connectivity index is 1.13. The first-order chi connectivity index (χ1) is 27.0. The largest absolute Gasteiger partial charge is 0.497 e. The first-order valence-electron chi connectivity index (χ1n) is 19.6. The van der Waals surface area contributed by atoms with E-state index in [0.29, 0.717) is 41.0 Å². The van der Waals surface area contributed by atoms with Gasteiger partial charge in [0.1, 0.15) is 41.2 Å². The van der Waals surface area contributed by atoms with Crippen LogP contribution in [0.15, 0.2) is 18.2 Å². The van der Waals surface area contributed by atoms with Crippen LogP contribution in [0.2, 0.25) is 0 Å². The minimum absolute atomic E-state index is 0.0173. The lowest BCUT2D eigenvalue weighted by Crippen LogP contribution is -2.59. The van der Waals surface area contributed by atoms with Gasteiger partial charge in [0, 0.05) is 32.4 Å². The van der Waals surface area contributed by atoms with Crippen LogP contribution < -0.4 is 14.2 Å². The van der Waals surface area contributed by atoms with Crippen molar-refractivity contribution in [2.45, 2.75) is 153 Å². The predicted octanol–water partition coefficient (Wildman–Crippen LogP) is 3.57. The number of carbonyl (C=O) groups excluding carboxylic acids is 2. The van der Waals surface area contributed by atoms with Crippen molar-refractivity contribution >= 4 is 22.5 Å². The van der Waals surface area contributed by atoms with Crippen molar-refractivity contribution in [2.75, 3.05) is 28.1 Å². The molecule has 4 aliphatic rings. The summed E-state index contributed by atoms with van der Waals surface area (Å²) in [6.07, 6.45) is -9.38. The third kappa shape index (κ3) is 9.35. The molecule has 0 unspecified atom stereocenters. The molecule has 13 atom stereocenters. The topological polar surface area (TPSA) is 196 Å². The summed E-state index contributed by atoms with van der Waals surface area (Å²) in [5.41, 5.74) is -0.263. The fraction of sp³-hybridized carbons (Fsp3) is 0.707. The van der Waals surface area contributed by atoms with Gasteiger partial charge >= 0.3 is 5.97 Å². The molecule has 2 aromatic carbocycles. The highest BCUT2D eigenvalue weighted by Gasteiger charge is 2.50. The van der Waals surface area contributed by atoms with Gasteiger partial charge in [-0.15, -0.1) is 0 Å². The Morgan fingerprint density at radius 3 is 2.07 bits per heavy atom.